The van der Waals surface area contributed by atoms with E-state index in [2.05, 4.69) is 12.2 Å². The van der Waals surface area contributed by atoms with E-state index in [1.54, 1.807) is 0 Å². The molecule has 17 heavy (non-hydrogen) atoms. The molecule has 0 amide bonds. The van der Waals surface area contributed by atoms with Crippen molar-refractivity contribution in [1.82, 2.24) is 5.32 Å². The number of hydrogen-bond donors (Lipinski definition) is 1. The number of hydrogen-bond acceptors (Lipinski definition) is 3. The van der Waals surface area contributed by atoms with Crippen molar-refractivity contribution in [2.24, 2.45) is 5.92 Å². The average Bonchev–Trinajstić information content (AvgIpc) is 2.40. The fourth-order valence-corrected chi connectivity index (χ4v) is 3.08. The number of carbonyl (C=O) groups is 1. The molecule has 0 aromatic rings. The molecule has 0 spiro atoms. The zero-order chi connectivity index (χ0) is 12.1. The predicted molar refractivity (Wildman–Crippen MR) is 67.8 cm³/mol. The zero-order valence-corrected chi connectivity index (χ0v) is 10.9. The van der Waals surface area contributed by atoms with E-state index in [4.69, 9.17) is 4.74 Å². The Labute approximate surface area is 104 Å². The minimum Gasteiger partial charge on any atom is -0.461 e. The summed E-state index contributed by atoms with van der Waals surface area (Å²) in [7, 11) is 0. The number of piperidine rings is 1. The molecule has 1 saturated heterocycles. The lowest BCUT2D eigenvalue weighted by Crippen LogP contribution is -2.44. The second-order valence-electron chi connectivity index (χ2n) is 5.43. The van der Waals surface area contributed by atoms with Crippen LogP contribution >= 0.6 is 0 Å². The molecule has 1 heterocycles. The van der Waals surface area contributed by atoms with E-state index in [-0.39, 0.29) is 18.1 Å². The molecule has 3 atom stereocenters. The van der Waals surface area contributed by atoms with E-state index < -0.39 is 0 Å². The first-order valence-corrected chi connectivity index (χ1v) is 7.25. The van der Waals surface area contributed by atoms with Crippen molar-refractivity contribution < 1.29 is 9.53 Å². The van der Waals surface area contributed by atoms with Gasteiger partial charge in [0, 0.05) is 0 Å². The molecular formula is C14H25NO2. The van der Waals surface area contributed by atoms with Crippen molar-refractivity contribution in [2.75, 3.05) is 6.54 Å². The van der Waals surface area contributed by atoms with Crippen LogP contribution in [-0.2, 0) is 9.53 Å². The van der Waals surface area contributed by atoms with E-state index in [1.165, 1.54) is 25.7 Å². The lowest BCUT2D eigenvalue weighted by atomic mass is 9.84. The van der Waals surface area contributed by atoms with E-state index in [1.807, 2.05) is 0 Å². The Balaban J connectivity index is 1.83. The Morgan fingerprint density at radius 2 is 1.94 bits per heavy atom. The summed E-state index contributed by atoms with van der Waals surface area (Å²) < 4.78 is 5.73. The van der Waals surface area contributed by atoms with Gasteiger partial charge in [0.2, 0.25) is 0 Å². The largest absolute Gasteiger partial charge is 0.461 e. The highest BCUT2D eigenvalue weighted by Gasteiger charge is 2.30. The topological polar surface area (TPSA) is 38.3 Å². The fourth-order valence-electron chi connectivity index (χ4n) is 3.08. The summed E-state index contributed by atoms with van der Waals surface area (Å²) in [5.41, 5.74) is 0. The van der Waals surface area contributed by atoms with Crippen LogP contribution in [0.3, 0.4) is 0 Å². The van der Waals surface area contributed by atoms with Gasteiger partial charge in [0.05, 0.1) is 0 Å². The highest BCUT2D eigenvalue weighted by Crippen LogP contribution is 2.29. The molecule has 98 valence electrons. The van der Waals surface area contributed by atoms with E-state index in [9.17, 15) is 4.79 Å². The smallest absolute Gasteiger partial charge is 0.323 e. The minimum atomic E-state index is -0.0387. The van der Waals surface area contributed by atoms with Crippen molar-refractivity contribution in [2.45, 2.75) is 70.4 Å². The fraction of sp³-hybridized carbons (Fsp3) is 0.929. The summed E-state index contributed by atoms with van der Waals surface area (Å²) in [4.78, 5) is 12.0. The maximum Gasteiger partial charge on any atom is 0.323 e. The van der Waals surface area contributed by atoms with Gasteiger partial charge in [0.1, 0.15) is 12.1 Å². The molecule has 2 unspecified atom stereocenters. The van der Waals surface area contributed by atoms with Crippen LogP contribution in [0.15, 0.2) is 0 Å². The first-order chi connectivity index (χ1) is 8.31. The molecule has 2 aliphatic rings. The lowest BCUT2D eigenvalue weighted by molar-refractivity contribution is -0.157. The average molecular weight is 239 g/mol. The van der Waals surface area contributed by atoms with Crippen molar-refractivity contribution in [3.63, 3.8) is 0 Å². The molecule has 2 fully saturated rings. The molecule has 3 heteroatoms. The maximum atomic E-state index is 12.0. The summed E-state index contributed by atoms with van der Waals surface area (Å²) in [6.45, 7) is 3.16. The van der Waals surface area contributed by atoms with E-state index in [0.717, 1.165) is 32.2 Å². The molecule has 0 aromatic carbocycles. The second kappa shape index (κ2) is 6.39. The summed E-state index contributed by atoms with van der Waals surface area (Å²) in [5, 5.41) is 3.27. The molecule has 2 rings (SSSR count). The number of esters is 1. The van der Waals surface area contributed by atoms with Crippen molar-refractivity contribution in [3.8, 4) is 0 Å². The summed E-state index contributed by atoms with van der Waals surface area (Å²) in [5.74, 6) is 0.589. The van der Waals surface area contributed by atoms with Crippen molar-refractivity contribution in [3.05, 3.63) is 0 Å². The van der Waals surface area contributed by atoms with Crippen molar-refractivity contribution in [1.29, 1.82) is 0 Å². The lowest BCUT2D eigenvalue weighted by Gasteiger charge is -2.32. The molecule has 3 nitrogen and oxygen atoms in total. The molecule has 1 aliphatic carbocycles. The highest BCUT2D eigenvalue weighted by molar-refractivity contribution is 5.76. The van der Waals surface area contributed by atoms with Crippen LogP contribution in [0.1, 0.15) is 58.3 Å². The highest BCUT2D eigenvalue weighted by atomic mass is 16.5. The Morgan fingerprint density at radius 1 is 1.18 bits per heavy atom. The molecule has 0 bridgehead atoms. The Morgan fingerprint density at radius 3 is 2.65 bits per heavy atom. The number of ether oxygens (including phenoxy) is 1. The van der Waals surface area contributed by atoms with Gasteiger partial charge >= 0.3 is 5.97 Å². The minimum absolute atomic E-state index is 0.00458. The number of rotatable bonds is 3. The van der Waals surface area contributed by atoms with Crippen LogP contribution in [0.4, 0.5) is 0 Å². The zero-order valence-electron chi connectivity index (χ0n) is 10.9. The van der Waals surface area contributed by atoms with Crippen LogP contribution in [-0.4, -0.2) is 24.7 Å². The molecular weight excluding hydrogens is 214 g/mol. The van der Waals surface area contributed by atoms with Gasteiger partial charge in [0.15, 0.2) is 0 Å². The van der Waals surface area contributed by atoms with Crippen LogP contribution in [0.25, 0.3) is 0 Å². The summed E-state index contributed by atoms with van der Waals surface area (Å²) >= 11 is 0. The standard InChI is InChI=1S/C14H25NO2/c1-2-11-7-3-4-9-13(11)17-14(16)12-8-5-6-10-15-12/h11-13,15H,2-10H2,1H3/t11?,12-,13?/m0/s1. The van der Waals surface area contributed by atoms with Crippen LogP contribution < -0.4 is 5.32 Å². The molecule has 1 N–H and O–H groups in total. The molecule has 1 saturated carbocycles. The first kappa shape index (κ1) is 12.9. The van der Waals surface area contributed by atoms with Gasteiger partial charge in [-0.15, -0.1) is 0 Å². The Kier molecular flexibility index (Phi) is 4.84. The molecule has 0 radical (unpaired) electrons. The number of nitrogens with one attached hydrogen (secondary N) is 1. The monoisotopic (exact) mass is 239 g/mol. The third-order valence-corrected chi connectivity index (χ3v) is 4.23. The van der Waals surface area contributed by atoms with Crippen LogP contribution in [0, 0.1) is 5.92 Å². The third kappa shape index (κ3) is 3.44. The van der Waals surface area contributed by atoms with Gasteiger partial charge < -0.3 is 10.1 Å². The quantitative estimate of drug-likeness (QED) is 0.769. The van der Waals surface area contributed by atoms with Gasteiger partial charge in [-0.2, -0.15) is 0 Å². The van der Waals surface area contributed by atoms with Crippen molar-refractivity contribution >= 4 is 5.97 Å². The van der Waals surface area contributed by atoms with Gasteiger partial charge in [-0.3, -0.25) is 4.79 Å². The first-order valence-electron chi connectivity index (χ1n) is 7.25. The predicted octanol–water partition coefficient (Wildman–Crippen LogP) is 2.64. The molecule has 0 aromatic heterocycles. The maximum absolute atomic E-state index is 12.0. The number of carbonyl (C=O) groups excluding carboxylic acids is 1. The normalized spacial score (nSPS) is 34.3. The van der Waals surface area contributed by atoms with Gasteiger partial charge in [-0.25, -0.2) is 0 Å². The second-order valence-corrected chi connectivity index (χ2v) is 5.43. The summed E-state index contributed by atoms with van der Waals surface area (Å²) in [6, 6.07) is -0.0387. The van der Waals surface area contributed by atoms with Crippen LogP contribution in [0.2, 0.25) is 0 Å². The van der Waals surface area contributed by atoms with Gasteiger partial charge in [-0.1, -0.05) is 19.8 Å². The van der Waals surface area contributed by atoms with Gasteiger partial charge in [-0.05, 0) is 51.0 Å². The molecule has 1 aliphatic heterocycles. The van der Waals surface area contributed by atoms with Crippen LogP contribution in [0.5, 0.6) is 0 Å². The van der Waals surface area contributed by atoms with Gasteiger partial charge in [0.25, 0.3) is 0 Å². The van der Waals surface area contributed by atoms with E-state index in [0.29, 0.717) is 5.92 Å². The third-order valence-electron chi connectivity index (χ3n) is 4.23. The SMILES string of the molecule is CCC1CCCCC1OC(=O)[C@@H]1CCCCN1. The van der Waals surface area contributed by atoms with E-state index >= 15 is 0 Å². The summed E-state index contributed by atoms with van der Waals surface area (Å²) in [6.07, 6.45) is 9.41. The Bertz CT molecular complexity index is 249. The Hall–Kier alpha value is -0.570.